The van der Waals surface area contributed by atoms with Gasteiger partial charge < -0.3 is 9.64 Å². The molecule has 0 aliphatic rings. The molecule has 2 atom stereocenters. The molecule has 0 heterocycles. The van der Waals surface area contributed by atoms with Crippen LogP contribution in [0.2, 0.25) is 0 Å². The first kappa shape index (κ1) is 17.7. The molecule has 1 aromatic rings. The van der Waals surface area contributed by atoms with Crippen molar-refractivity contribution in [3.8, 4) is 0 Å². The lowest BCUT2D eigenvalue weighted by Crippen LogP contribution is -2.43. The molecule has 0 aliphatic carbocycles. The third kappa shape index (κ3) is 5.48. The first-order valence-electron chi connectivity index (χ1n) is 7.51. The summed E-state index contributed by atoms with van der Waals surface area (Å²) in [5.74, 6) is -0.405. The number of rotatable bonds is 8. The molecule has 4 heteroatoms. The van der Waals surface area contributed by atoms with Crippen molar-refractivity contribution in [2.24, 2.45) is 0 Å². The predicted octanol–water partition coefficient (Wildman–Crippen LogP) is 2.22. The van der Waals surface area contributed by atoms with E-state index in [1.165, 1.54) is 7.11 Å². The average molecular weight is 292 g/mol. The molecule has 1 rings (SSSR count). The van der Waals surface area contributed by atoms with Crippen LogP contribution in [0.4, 0.5) is 0 Å². The maximum Gasteiger partial charge on any atom is 0.314 e. The minimum absolute atomic E-state index is 0.170. The van der Waals surface area contributed by atoms with Gasteiger partial charge in [0, 0.05) is 19.1 Å². The average Bonchev–Trinajstić information content (AvgIpc) is 2.47. The summed E-state index contributed by atoms with van der Waals surface area (Å²) in [5, 5.41) is 0. The van der Waals surface area contributed by atoms with E-state index in [0.29, 0.717) is 12.6 Å². The molecule has 0 fully saturated rings. The van der Waals surface area contributed by atoms with Crippen LogP contribution in [0.15, 0.2) is 30.3 Å². The summed E-state index contributed by atoms with van der Waals surface area (Å²) < 4.78 is 5.00. The zero-order valence-corrected chi connectivity index (χ0v) is 13.9. The van der Waals surface area contributed by atoms with Gasteiger partial charge in [-0.3, -0.25) is 9.69 Å². The van der Waals surface area contributed by atoms with Gasteiger partial charge in [0.1, 0.15) is 0 Å². The summed E-state index contributed by atoms with van der Waals surface area (Å²) in [7, 11) is 5.59. The van der Waals surface area contributed by atoms with E-state index >= 15 is 0 Å². The molecule has 0 spiro atoms. The van der Waals surface area contributed by atoms with Gasteiger partial charge in [0.15, 0.2) is 0 Å². The molecular weight excluding hydrogens is 264 g/mol. The van der Waals surface area contributed by atoms with E-state index < -0.39 is 0 Å². The van der Waals surface area contributed by atoms with Crippen LogP contribution < -0.4 is 0 Å². The molecule has 0 bridgehead atoms. The number of likely N-dealkylation sites (N-methyl/N-ethyl adjacent to an activating group) is 2. The maximum absolute atomic E-state index is 12.1. The Hall–Kier alpha value is -1.39. The van der Waals surface area contributed by atoms with E-state index in [0.717, 1.165) is 18.7 Å². The Kier molecular flexibility index (Phi) is 7.40. The number of methoxy groups -OCH3 is 1. The molecule has 0 aliphatic heterocycles. The highest BCUT2D eigenvalue weighted by Gasteiger charge is 2.25. The standard InChI is InChI=1S/C17H28N2O2/c1-6-19(14(2)12-18(3)4)13-16(17(20)21-5)15-10-8-7-9-11-15/h7-11,14,16H,6,12-13H2,1-5H3. The number of nitrogens with zero attached hydrogens (tertiary/aromatic N) is 2. The van der Waals surface area contributed by atoms with E-state index in [4.69, 9.17) is 4.74 Å². The number of esters is 1. The van der Waals surface area contributed by atoms with Crippen LogP contribution in [0.3, 0.4) is 0 Å². The van der Waals surface area contributed by atoms with Gasteiger partial charge >= 0.3 is 5.97 Å². The van der Waals surface area contributed by atoms with Crippen molar-refractivity contribution in [1.82, 2.24) is 9.80 Å². The second kappa shape index (κ2) is 8.80. The molecule has 0 aromatic heterocycles. The zero-order chi connectivity index (χ0) is 15.8. The van der Waals surface area contributed by atoms with Crippen LogP contribution in [-0.2, 0) is 9.53 Å². The van der Waals surface area contributed by atoms with Crippen molar-refractivity contribution in [1.29, 1.82) is 0 Å². The minimum atomic E-state index is -0.235. The highest BCUT2D eigenvalue weighted by molar-refractivity contribution is 5.78. The van der Waals surface area contributed by atoms with Crippen LogP contribution in [-0.4, -0.2) is 62.7 Å². The normalized spacial score (nSPS) is 14.2. The molecular formula is C17H28N2O2. The molecule has 0 N–H and O–H groups in total. The molecule has 118 valence electrons. The second-order valence-electron chi connectivity index (χ2n) is 5.69. The van der Waals surface area contributed by atoms with E-state index in [9.17, 15) is 4.79 Å². The Bertz CT molecular complexity index is 420. The number of hydrogen-bond donors (Lipinski definition) is 0. The number of carbonyl (C=O) groups excluding carboxylic acids is 1. The quantitative estimate of drug-likeness (QED) is 0.688. The lowest BCUT2D eigenvalue weighted by atomic mass is 9.98. The van der Waals surface area contributed by atoms with Crippen LogP contribution in [0, 0.1) is 0 Å². The SMILES string of the molecule is CCN(CC(C(=O)OC)c1ccccc1)C(C)CN(C)C. The molecule has 2 unspecified atom stereocenters. The fourth-order valence-electron chi connectivity index (χ4n) is 2.64. The number of ether oxygens (including phenoxy) is 1. The molecule has 4 nitrogen and oxygen atoms in total. The van der Waals surface area contributed by atoms with Crippen LogP contribution in [0.5, 0.6) is 0 Å². The van der Waals surface area contributed by atoms with E-state index in [-0.39, 0.29) is 11.9 Å². The van der Waals surface area contributed by atoms with Gasteiger partial charge in [-0.15, -0.1) is 0 Å². The van der Waals surface area contributed by atoms with Crippen LogP contribution >= 0.6 is 0 Å². The summed E-state index contributed by atoms with van der Waals surface area (Å²) in [5.41, 5.74) is 1.01. The maximum atomic E-state index is 12.1. The molecule has 0 amide bonds. The van der Waals surface area contributed by atoms with Gasteiger partial charge in [-0.25, -0.2) is 0 Å². The van der Waals surface area contributed by atoms with Crippen molar-refractivity contribution >= 4 is 5.97 Å². The van der Waals surface area contributed by atoms with E-state index in [1.54, 1.807) is 0 Å². The topological polar surface area (TPSA) is 32.8 Å². The first-order chi connectivity index (χ1) is 9.99. The number of hydrogen-bond acceptors (Lipinski definition) is 4. The zero-order valence-electron chi connectivity index (χ0n) is 13.9. The second-order valence-corrected chi connectivity index (χ2v) is 5.69. The van der Waals surface area contributed by atoms with Crippen molar-refractivity contribution in [2.75, 3.05) is 40.8 Å². The third-order valence-corrected chi connectivity index (χ3v) is 3.76. The molecule has 0 saturated heterocycles. The Morgan fingerprint density at radius 2 is 1.81 bits per heavy atom. The largest absolute Gasteiger partial charge is 0.469 e. The first-order valence-corrected chi connectivity index (χ1v) is 7.51. The van der Waals surface area contributed by atoms with Crippen LogP contribution in [0.1, 0.15) is 25.3 Å². The van der Waals surface area contributed by atoms with Gasteiger partial charge in [-0.2, -0.15) is 0 Å². The van der Waals surface area contributed by atoms with Crippen LogP contribution in [0.25, 0.3) is 0 Å². The van der Waals surface area contributed by atoms with Gasteiger partial charge in [0.2, 0.25) is 0 Å². The Morgan fingerprint density at radius 3 is 2.29 bits per heavy atom. The summed E-state index contributed by atoms with van der Waals surface area (Å²) in [6.45, 7) is 6.89. The summed E-state index contributed by atoms with van der Waals surface area (Å²) in [4.78, 5) is 16.6. The summed E-state index contributed by atoms with van der Waals surface area (Å²) in [6.07, 6.45) is 0. The fourth-order valence-corrected chi connectivity index (χ4v) is 2.64. The number of benzene rings is 1. The van der Waals surface area contributed by atoms with Crippen molar-refractivity contribution in [2.45, 2.75) is 25.8 Å². The molecule has 1 aromatic carbocycles. The van der Waals surface area contributed by atoms with Crippen molar-refractivity contribution in [3.05, 3.63) is 35.9 Å². The summed E-state index contributed by atoms with van der Waals surface area (Å²) >= 11 is 0. The highest BCUT2D eigenvalue weighted by atomic mass is 16.5. The van der Waals surface area contributed by atoms with Crippen molar-refractivity contribution < 1.29 is 9.53 Å². The van der Waals surface area contributed by atoms with E-state index in [2.05, 4.69) is 37.7 Å². The Morgan fingerprint density at radius 1 is 1.19 bits per heavy atom. The smallest absolute Gasteiger partial charge is 0.314 e. The Balaban J connectivity index is 2.87. The highest BCUT2D eigenvalue weighted by Crippen LogP contribution is 2.20. The monoisotopic (exact) mass is 292 g/mol. The van der Waals surface area contributed by atoms with Gasteiger partial charge in [0.05, 0.1) is 13.0 Å². The van der Waals surface area contributed by atoms with Gasteiger partial charge in [-0.05, 0) is 33.1 Å². The lowest BCUT2D eigenvalue weighted by molar-refractivity contribution is -0.143. The van der Waals surface area contributed by atoms with Gasteiger partial charge in [-0.1, -0.05) is 37.3 Å². The molecule has 21 heavy (non-hydrogen) atoms. The predicted molar refractivity (Wildman–Crippen MR) is 86.5 cm³/mol. The van der Waals surface area contributed by atoms with Gasteiger partial charge in [0.25, 0.3) is 0 Å². The summed E-state index contributed by atoms with van der Waals surface area (Å²) in [6, 6.07) is 10.3. The minimum Gasteiger partial charge on any atom is -0.469 e. The lowest BCUT2D eigenvalue weighted by Gasteiger charge is -2.32. The fraction of sp³-hybridized carbons (Fsp3) is 0.588. The molecule has 0 radical (unpaired) electrons. The number of carbonyl (C=O) groups is 1. The van der Waals surface area contributed by atoms with Crippen molar-refractivity contribution in [3.63, 3.8) is 0 Å². The van der Waals surface area contributed by atoms with E-state index in [1.807, 2.05) is 30.3 Å². The third-order valence-electron chi connectivity index (χ3n) is 3.76. The Labute approximate surface area is 128 Å². The molecule has 0 saturated carbocycles.